The van der Waals surface area contributed by atoms with E-state index in [1.54, 1.807) is 0 Å². The molecule has 5 heteroatoms. The number of aryl methyl sites for hydroxylation is 1. The molecule has 0 amide bonds. The van der Waals surface area contributed by atoms with E-state index in [0.717, 1.165) is 17.3 Å². The molecule has 1 aliphatic heterocycles. The minimum atomic E-state index is -0.868. The number of thioether (sulfide) groups is 1. The first-order valence-corrected chi connectivity index (χ1v) is 6.12. The summed E-state index contributed by atoms with van der Waals surface area (Å²) in [5.41, 5.74) is 0.893. The molecule has 1 aromatic rings. The third-order valence-corrected chi connectivity index (χ3v) is 4.17. The number of hydrogen-bond acceptors (Lipinski definition) is 2. The molecule has 0 saturated heterocycles. The molecular formula is C10H8BrFO2S. The molecule has 1 heterocycles. The first-order chi connectivity index (χ1) is 7.08. The van der Waals surface area contributed by atoms with Crippen LogP contribution in [0.4, 0.5) is 4.39 Å². The Morgan fingerprint density at radius 3 is 3.00 bits per heavy atom. The highest BCUT2D eigenvalue weighted by atomic mass is 79.9. The van der Waals surface area contributed by atoms with Crippen LogP contribution in [0, 0.1) is 5.82 Å². The Hall–Kier alpha value is -0.550. The molecule has 80 valence electrons. The molecular weight excluding hydrogens is 283 g/mol. The molecule has 1 aliphatic rings. The van der Waals surface area contributed by atoms with Gasteiger partial charge in [0.1, 0.15) is 11.1 Å². The van der Waals surface area contributed by atoms with Gasteiger partial charge in [0.2, 0.25) is 0 Å². The molecule has 2 rings (SSSR count). The number of carboxylic acids is 1. The van der Waals surface area contributed by atoms with Gasteiger partial charge in [-0.15, -0.1) is 11.8 Å². The van der Waals surface area contributed by atoms with Crippen molar-refractivity contribution in [3.63, 3.8) is 0 Å². The molecule has 0 aliphatic carbocycles. The summed E-state index contributed by atoms with van der Waals surface area (Å²) in [7, 11) is 0. The van der Waals surface area contributed by atoms with Gasteiger partial charge in [-0.3, -0.25) is 4.79 Å². The number of rotatable bonds is 1. The maximum atomic E-state index is 13.5. The van der Waals surface area contributed by atoms with Gasteiger partial charge in [-0.1, -0.05) is 15.9 Å². The number of benzene rings is 1. The minimum Gasteiger partial charge on any atom is -0.480 e. The molecule has 1 aromatic carbocycles. The molecule has 0 aromatic heterocycles. The SMILES string of the molecule is O=C(O)C1CCc2cc(Br)cc(F)c2S1. The highest BCUT2D eigenvalue weighted by Gasteiger charge is 2.27. The van der Waals surface area contributed by atoms with E-state index in [1.165, 1.54) is 6.07 Å². The van der Waals surface area contributed by atoms with Gasteiger partial charge in [-0.2, -0.15) is 0 Å². The maximum absolute atomic E-state index is 13.5. The summed E-state index contributed by atoms with van der Waals surface area (Å²) in [5.74, 6) is -1.21. The molecule has 1 atom stereocenters. The number of hydrogen-bond donors (Lipinski definition) is 1. The predicted molar refractivity (Wildman–Crippen MR) is 59.7 cm³/mol. The quantitative estimate of drug-likeness (QED) is 0.864. The maximum Gasteiger partial charge on any atom is 0.316 e. The van der Waals surface area contributed by atoms with Gasteiger partial charge < -0.3 is 5.11 Å². The lowest BCUT2D eigenvalue weighted by Gasteiger charge is -2.21. The van der Waals surface area contributed by atoms with Crippen LogP contribution in [0.25, 0.3) is 0 Å². The molecule has 0 fully saturated rings. The van der Waals surface area contributed by atoms with E-state index < -0.39 is 11.2 Å². The Labute approximate surface area is 99.0 Å². The van der Waals surface area contributed by atoms with Crippen molar-refractivity contribution in [2.45, 2.75) is 23.0 Å². The molecule has 0 saturated carbocycles. The van der Waals surface area contributed by atoms with Crippen LogP contribution in [-0.2, 0) is 11.2 Å². The number of carbonyl (C=O) groups is 1. The second kappa shape index (κ2) is 4.14. The van der Waals surface area contributed by atoms with Gasteiger partial charge in [0.15, 0.2) is 0 Å². The zero-order valence-corrected chi connectivity index (χ0v) is 10.1. The van der Waals surface area contributed by atoms with Gasteiger partial charge >= 0.3 is 5.97 Å². The minimum absolute atomic E-state index is 0.338. The Morgan fingerprint density at radius 1 is 1.60 bits per heavy atom. The van der Waals surface area contributed by atoms with E-state index in [2.05, 4.69) is 15.9 Å². The number of fused-ring (bicyclic) bond motifs is 1. The summed E-state index contributed by atoms with van der Waals surface area (Å²) in [5, 5.41) is 8.34. The van der Waals surface area contributed by atoms with Crippen molar-refractivity contribution >= 4 is 33.7 Å². The van der Waals surface area contributed by atoms with E-state index in [0.29, 0.717) is 22.2 Å². The van der Waals surface area contributed by atoms with Gasteiger partial charge in [-0.05, 0) is 30.5 Å². The number of carboxylic acid groups (broad SMARTS) is 1. The average Bonchev–Trinajstić information content (AvgIpc) is 2.16. The first kappa shape index (κ1) is 11.0. The van der Waals surface area contributed by atoms with Crippen molar-refractivity contribution in [2.24, 2.45) is 0 Å². The lowest BCUT2D eigenvalue weighted by atomic mass is 10.1. The fourth-order valence-electron chi connectivity index (χ4n) is 1.59. The summed E-state index contributed by atoms with van der Waals surface area (Å²) < 4.78 is 14.2. The Balaban J connectivity index is 2.37. The van der Waals surface area contributed by atoms with Crippen molar-refractivity contribution in [3.05, 3.63) is 28.0 Å². The summed E-state index contributed by atoms with van der Waals surface area (Å²) in [4.78, 5) is 11.3. The van der Waals surface area contributed by atoms with Crippen LogP contribution in [-0.4, -0.2) is 16.3 Å². The van der Waals surface area contributed by atoms with Crippen LogP contribution in [0.1, 0.15) is 12.0 Å². The van der Waals surface area contributed by atoms with Crippen LogP contribution in [0.2, 0.25) is 0 Å². The van der Waals surface area contributed by atoms with E-state index in [1.807, 2.05) is 6.07 Å². The molecule has 0 radical (unpaired) electrons. The summed E-state index contributed by atoms with van der Waals surface area (Å²) in [6, 6.07) is 3.22. The Kier molecular flexibility index (Phi) is 3.02. The third-order valence-electron chi connectivity index (χ3n) is 2.30. The molecule has 0 bridgehead atoms. The number of halogens is 2. The fraction of sp³-hybridized carbons (Fsp3) is 0.300. The van der Waals surface area contributed by atoms with Crippen LogP contribution in [0.5, 0.6) is 0 Å². The standard InChI is InChI=1S/C10H8BrFO2S/c11-6-3-5-1-2-8(10(13)14)15-9(5)7(12)4-6/h3-4,8H,1-2H2,(H,13,14). The summed E-state index contributed by atoms with van der Waals surface area (Å²) in [6.45, 7) is 0. The summed E-state index contributed by atoms with van der Waals surface area (Å²) in [6.07, 6.45) is 1.18. The van der Waals surface area contributed by atoms with Crippen LogP contribution in [0.3, 0.4) is 0 Å². The van der Waals surface area contributed by atoms with Gasteiger partial charge in [0.05, 0.1) is 0 Å². The lowest BCUT2D eigenvalue weighted by Crippen LogP contribution is -2.21. The smallest absolute Gasteiger partial charge is 0.316 e. The highest BCUT2D eigenvalue weighted by molar-refractivity contribution is 9.10. The Morgan fingerprint density at radius 2 is 2.33 bits per heavy atom. The second-order valence-electron chi connectivity index (χ2n) is 3.36. The zero-order valence-electron chi connectivity index (χ0n) is 7.67. The van der Waals surface area contributed by atoms with Crippen molar-refractivity contribution in [1.82, 2.24) is 0 Å². The molecule has 15 heavy (non-hydrogen) atoms. The van der Waals surface area contributed by atoms with Crippen LogP contribution < -0.4 is 0 Å². The normalized spacial score (nSPS) is 19.7. The molecule has 1 unspecified atom stereocenters. The first-order valence-electron chi connectivity index (χ1n) is 4.45. The fourth-order valence-corrected chi connectivity index (χ4v) is 3.18. The summed E-state index contributed by atoms with van der Waals surface area (Å²) >= 11 is 4.32. The lowest BCUT2D eigenvalue weighted by molar-refractivity contribution is -0.136. The van der Waals surface area contributed by atoms with Gasteiger partial charge in [-0.25, -0.2) is 4.39 Å². The van der Waals surface area contributed by atoms with Crippen molar-refractivity contribution in [2.75, 3.05) is 0 Å². The van der Waals surface area contributed by atoms with Crippen LogP contribution in [0.15, 0.2) is 21.5 Å². The molecule has 2 nitrogen and oxygen atoms in total. The highest BCUT2D eigenvalue weighted by Crippen LogP contribution is 2.38. The van der Waals surface area contributed by atoms with Gasteiger partial charge in [0, 0.05) is 9.37 Å². The largest absolute Gasteiger partial charge is 0.480 e. The van der Waals surface area contributed by atoms with E-state index in [9.17, 15) is 9.18 Å². The van der Waals surface area contributed by atoms with Crippen molar-refractivity contribution in [1.29, 1.82) is 0 Å². The van der Waals surface area contributed by atoms with E-state index >= 15 is 0 Å². The Bertz CT molecular complexity index is 422. The topological polar surface area (TPSA) is 37.3 Å². The third kappa shape index (κ3) is 2.18. The zero-order chi connectivity index (χ0) is 11.0. The number of aliphatic carboxylic acids is 1. The van der Waals surface area contributed by atoms with Crippen LogP contribution >= 0.6 is 27.7 Å². The monoisotopic (exact) mass is 290 g/mol. The van der Waals surface area contributed by atoms with E-state index in [4.69, 9.17) is 5.11 Å². The second-order valence-corrected chi connectivity index (χ2v) is 5.49. The van der Waals surface area contributed by atoms with Gasteiger partial charge in [0.25, 0.3) is 0 Å². The molecule has 0 spiro atoms. The predicted octanol–water partition coefficient (Wildman–Crippen LogP) is 3.08. The van der Waals surface area contributed by atoms with Crippen molar-refractivity contribution < 1.29 is 14.3 Å². The van der Waals surface area contributed by atoms with Crippen molar-refractivity contribution in [3.8, 4) is 0 Å². The average molecular weight is 291 g/mol. The van der Waals surface area contributed by atoms with E-state index in [-0.39, 0.29) is 5.82 Å². The molecule has 1 N–H and O–H groups in total.